The third kappa shape index (κ3) is 5.59. The van der Waals surface area contributed by atoms with E-state index in [2.05, 4.69) is 9.97 Å². The number of benzene rings is 3. The number of aromatic nitrogens is 3. The van der Waals surface area contributed by atoms with Crippen molar-refractivity contribution in [2.45, 2.75) is 20.8 Å². The van der Waals surface area contributed by atoms with Gasteiger partial charge in [-0.05, 0) is 32.9 Å². The van der Waals surface area contributed by atoms with Crippen LogP contribution in [0.1, 0.15) is 18.1 Å². The summed E-state index contributed by atoms with van der Waals surface area (Å²) < 4.78 is 10.9. The number of ether oxygens (including phenoxy) is 2. The van der Waals surface area contributed by atoms with Gasteiger partial charge in [0.2, 0.25) is 0 Å². The van der Waals surface area contributed by atoms with Crippen molar-refractivity contribution >= 4 is 0 Å². The van der Waals surface area contributed by atoms with E-state index >= 15 is 0 Å². The van der Waals surface area contributed by atoms with Crippen LogP contribution < -0.4 is 4.74 Å². The summed E-state index contributed by atoms with van der Waals surface area (Å²) in [6.07, 6.45) is 3.42. The Balaban J connectivity index is 1.70. The van der Waals surface area contributed by atoms with Gasteiger partial charge in [-0.2, -0.15) is 0 Å². The minimum atomic E-state index is 0.0304. The first-order valence-electron chi connectivity index (χ1n) is 11.1. The lowest BCUT2D eigenvalue weighted by molar-refractivity contribution is 0.178. The lowest BCUT2D eigenvalue weighted by atomic mass is 10.1. The molecule has 0 aliphatic rings. The highest BCUT2D eigenvalue weighted by molar-refractivity contribution is 5.70. The fraction of sp³-hybridized carbons (Fsp3) is 0.179. The second-order valence-corrected chi connectivity index (χ2v) is 7.91. The topological polar surface area (TPSA) is 77.4 Å². The Morgan fingerprint density at radius 3 is 1.82 bits per heavy atom. The van der Waals surface area contributed by atoms with E-state index < -0.39 is 0 Å². The molecule has 172 valence electrons. The van der Waals surface area contributed by atoms with Gasteiger partial charge in [-0.25, -0.2) is 15.0 Å². The molecule has 0 aliphatic heterocycles. The maximum atomic E-state index is 10.8. The number of hydrogen-bond acceptors (Lipinski definition) is 6. The minimum absolute atomic E-state index is 0.0304. The number of nitrogens with zero attached hydrogens (tertiary/aromatic N) is 3. The van der Waals surface area contributed by atoms with Crippen molar-refractivity contribution in [2.24, 2.45) is 0 Å². The van der Waals surface area contributed by atoms with Gasteiger partial charge in [0.25, 0.3) is 0 Å². The summed E-state index contributed by atoms with van der Waals surface area (Å²) in [5.41, 5.74) is 4.57. The third-order valence-corrected chi connectivity index (χ3v) is 5.17. The molecule has 0 saturated carbocycles. The first kappa shape index (κ1) is 23.0. The molecule has 4 rings (SSSR count). The van der Waals surface area contributed by atoms with Crippen LogP contribution in [0.15, 0.2) is 79.1 Å². The standard InChI is InChI=1S/C28H27N3O3/c1-4-15-33-16-17-34-23-13-14-24(25(32)18-23)28-30-26(21-9-5-19(2)6-10-21)29-27(31-28)22-11-7-20(3)8-12-22/h4-15,18,32H,16-17H2,1-3H3. The lowest BCUT2D eigenvalue weighted by Gasteiger charge is -2.11. The molecule has 0 bridgehead atoms. The summed E-state index contributed by atoms with van der Waals surface area (Å²) in [7, 11) is 0. The highest BCUT2D eigenvalue weighted by Gasteiger charge is 2.15. The number of phenolic OH excluding ortho intramolecular Hbond substituents is 1. The molecule has 1 heterocycles. The molecule has 1 aromatic heterocycles. The van der Waals surface area contributed by atoms with Crippen LogP contribution in [0.4, 0.5) is 0 Å². The number of rotatable bonds is 8. The summed E-state index contributed by atoms with van der Waals surface area (Å²) in [4.78, 5) is 14.1. The number of aromatic hydroxyl groups is 1. The molecule has 0 amide bonds. The third-order valence-electron chi connectivity index (χ3n) is 5.17. The van der Waals surface area contributed by atoms with E-state index in [1.165, 1.54) is 0 Å². The Hall–Kier alpha value is -4.19. The average Bonchev–Trinajstić information content (AvgIpc) is 2.84. The first-order chi connectivity index (χ1) is 16.5. The van der Waals surface area contributed by atoms with Crippen molar-refractivity contribution in [1.29, 1.82) is 0 Å². The molecule has 0 aliphatic carbocycles. The van der Waals surface area contributed by atoms with Gasteiger partial charge in [0.1, 0.15) is 24.7 Å². The Morgan fingerprint density at radius 2 is 1.29 bits per heavy atom. The van der Waals surface area contributed by atoms with Crippen LogP contribution in [0.3, 0.4) is 0 Å². The Morgan fingerprint density at radius 1 is 0.735 bits per heavy atom. The van der Waals surface area contributed by atoms with E-state index in [0.717, 1.165) is 22.3 Å². The van der Waals surface area contributed by atoms with Crippen molar-refractivity contribution in [3.8, 4) is 45.7 Å². The number of allylic oxidation sites excluding steroid dienone is 1. The maximum absolute atomic E-state index is 10.8. The highest BCUT2D eigenvalue weighted by atomic mass is 16.5. The molecule has 34 heavy (non-hydrogen) atoms. The van der Waals surface area contributed by atoms with Crippen LogP contribution in [-0.2, 0) is 4.74 Å². The molecule has 0 unspecified atom stereocenters. The van der Waals surface area contributed by atoms with E-state index in [9.17, 15) is 5.11 Å². The summed E-state index contributed by atoms with van der Waals surface area (Å²) in [5, 5.41) is 10.8. The Labute approximate surface area is 199 Å². The molecule has 6 nitrogen and oxygen atoms in total. The zero-order valence-corrected chi connectivity index (χ0v) is 19.5. The van der Waals surface area contributed by atoms with Crippen molar-refractivity contribution < 1.29 is 14.6 Å². The van der Waals surface area contributed by atoms with Crippen LogP contribution >= 0.6 is 0 Å². The molecule has 0 spiro atoms. The van der Waals surface area contributed by atoms with Gasteiger partial charge in [-0.1, -0.05) is 65.7 Å². The Kier molecular flexibility index (Phi) is 7.18. The van der Waals surface area contributed by atoms with Crippen LogP contribution in [0.2, 0.25) is 0 Å². The van der Waals surface area contributed by atoms with E-state index in [0.29, 0.717) is 42.0 Å². The molecular weight excluding hydrogens is 426 g/mol. The lowest BCUT2D eigenvalue weighted by Crippen LogP contribution is -2.04. The van der Waals surface area contributed by atoms with Crippen molar-refractivity contribution in [3.63, 3.8) is 0 Å². The van der Waals surface area contributed by atoms with Crippen LogP contribution in [-0.4, -0.2) is 33.3 Å². The first-order valence-corrected chi connectivity index (χ1v) is 11.1. The van der Waals surface area contributed by atoms with Gasteiger partial charge in [0, 0.05) is 17.2 Å². The van der Waals surface area contributed by atoms with E-state index in [1.54, 1.807) is 24.5 Å². The quantitative estimate of drug-likeness (QED) is 0.256. The summed E-state index contributed by atoms with van der Waals surface area (Å²) >= 11 is 0. The largest absolute Gasteiger partial charge is 0.507 e. The van der Waals surface area contributed by atoms with Gasteiger partial charge in [0.15, 0.2) is 17.5 Å². The summed E-state index contributed by atoms with van der Waals surface area (Å²) in [6.45, 7) is 6.74. The van der Waals surface area contributed by atoms with Gasteiger partial charge < -0.3 is 14.6 Å². The Bertz CT molecular complexity index is 1220. The van der Waals surface area contributed by atoms with Gasteiger partial charge in [0.05, 0.1) is 11.8 Å². The summed E-state index contributed by atoms with van der Waals surface area (Å²) in [5.74, 6) is 2.05. The average molecular weight is 454 g/mol. The zero-order chi connectivity index (χ0) is 23.9. The van der Waals surface area contributed by atoms with Crippen molar-refractivity contribution in [1.82, 2.24) is 15.0 Å². The predicted octanol–water partition coefficient (Wildman–Crippen LogP) is 6.12. The molecule has 6 heteroatoms. The fourth-order valence-electron chi connectivity index (χ4n) is 3.32. The molecule has 3 aromatic carbocycles. The zero-order valence-electron chi connectivity index (χ0n) is 19.5. The second kappa shape index (κ2) is 10.6. The highest BCUT2D eigenvalue weighted by Crippen LogP contribution is 2.32. The van der Waals surface area contributed by atoms with Crippen molar-refractivity contribution in [3.05, 3.63) is 90.2 Å². The minimum Gasteiger partial charge on any atom is -0.507 e. The molecule has 0 fully saturated rings. The number of phenols is 1. The van der Waals surface area contributed by atoms with E-state index in [-0.39, 0.29) is 5.75 Å². The molecule has 0 atom stereocenters. The van der Waals surface area contributed by atoms with Gasteiger partial charge in [-0.15, -0.1) is 0 Å². The van der Waals surface area contributed by atoms with Gasteiger partial charge in [-0.3, -0.25) is 0 Å². The summed E-state index contributed by atoms with van der Waals surface area (Å²) in [6, 6.07) is 21.1. The normalized spacial score (nSPS) is 11.0. The number of aryl methyl sites for hydroxylation is 2. The maximum Gasteiger partial charge on any atom is 0.167 e. The number of hydrogen-bond donors (Lipinski definition) is 1. The SMILES string of the molecule is CC=COCCOc1ccc(-c2nc(-c3ccc(C)cc3)nc(-c3ccc(C)cc3)n2)c(O)c1. The van der Waals surface area contributed by atoms with Crippen LogP contribution in [0.25, 0.3) is 34.2 Å². The van der Waals surface area contributed by atoms with Crippen molar-refractivity contribution in [2.75, 3.05) is 13.2 Å². The predicted molar refractivity (Wildman–Crippen MR) is 134 cm³/mol. The molecule has 0 radical (unpaired) electrons. The molecule has 0 saturated heterocycles. The molecule has 4 aromatic rings. The van der Waals surface area contributed by atoms with Crippen LogP contribution in [0, 0.1) is 13.8 Å². The molecule has 1 N–H and O–H groups in total. The molecular formula is C28H27N3O3. The monoisotopic (exact) mass is 453 g/mol. The second-order valence-electron chi connectivity index (χ2n) is 7.91. The van der Waals surface area contributed by atoms with Gasteiger partial charge >= 0.3 is 0 Å². The van der Waals surface area contributed by atoms with Crippen LogP contribution in [0.5, 0.6) is 11.5 Å². The fourth-order valence-corrected chi connectivity index (χ4v) is 3.32. The smallest absolute Gasteiger partial charge is 0.167 e. The van der Waals surface area contributed by atoms with E-state index in [4.69, 9.17) is 14.5 Å². The van der Waals surface area contributed by atoms with E-state index in [1.807, 2.05) is 75.4 Å².